The number of aromatic nitrogens is 2. The Balaban J connectivity index is 1.52. The minimum Gasteiger partial charge on any atom is -0.348 e. The maximum Gasteiger partial charge on any atom is 0.272 e. The van der Waals surface area contributed by atoms with Gasteiger partial charge in [0.15, 0.2) is 5.69 Å². The number of halogens is 1. The number of hydrogen-bond donors (Lipinski definition) is 1. The molecule has 1 saturated carbocycles. The zero-order valence-electron chi connectivity index (χ0n) is 13.0. The molecule has 4 rings (SSSR count). The molecule has 1 fully saturated rings. The SMILES string of the molecule is O=C(NC1CC1)c1cc2n(n1)CCN(Cc1ccccc1F)C2=O. The molecule has 0 radical (unpaired) electrons. The van der Waals surface area contributed by atoms with Crippen LogP contribution in [0.15, 0.2) is 30.3 Å². The van der Waals surface area contributed by atoms with E-state index in [1.54, 1.807) is 27.8 Å². The Labute approximate surface area is 138 Å². The maximum absolute atomic E-state index is 13.8. The highest BCUT2D eigenvalue weighted by atomic mass is 19.1. The van der Waals surface area contributed by atoms with Gasteiger partial charge in [-0.2, -0.15) is 5.10 Å². The summed E-state index contributed by atoms with van der Waals surface area (Å²) in [5, 5.41) is 7.09. The number of nitrogens with one attached hydrogen (secondary N) is 1. The third kappa shape index (κ3) is 2.77. The minimum atomic E-state index is -0.325. The normalized spacial score (nSPS) is 16.9. The zero-order chi connectivity index (χ0) is 16.7. The lowest BCUT2D eigenvalue weighted by atomic mass is 10.1. The van der Waals surface area contributed by atoms with Gasteiger partial charge in [0.2, 0.25) is 0 Å². The number of fused-ring (bicyclic) bond motifs is 1. The lowest BCUT2D eigenvalue weighted by Gasteiger charge is -2.27. The van der Waals surface area contributed by atoms with Crippen molar-refractivity contribution in [3.63, 3.8) is 0 Å². The molecule has 0 spiro atoms. The van der Waals surface area contributed by atoms with E-state index in [2.05, 4.69) is 10.4 Å². The van der Waals surface area contributed by atoms with Gasteiger partial charge in [-0.15, -0.1) is 0 Å². The van der Waals surface area contributed by atoms with E-state index in [0.29, 0.717) is 24.3 Å². The second kappa shape index (κ2) is 5.74. The predicted molar refractivity (Wildman–Crippen MR) is 83.9 cm³/mol. The quantitative estimate of drug-likeness (QED) is 0.926. The van der Waals surface area contributed by atoms with Crippen LogP contribution in [0, 0.1) is 5.82 Å². The maximum atomic E-state index is 13.8. The van der Waals surface area contributed by atoms with Crippen LogP contribution in [-0.2, 0) is 13.1 Å². The lowest BCUT2D eigenvalue weighted by Crippen LogP contribution is -2.40. The smallest absolute Gasteiger partial charge is 0.272 e. The predicted octanol–water partition coefficient (Wildman–Crippen LogP) is 1.57. The molecule has 0 atom stereocenters. The summed E-state index contributed by atoms with van der Waals surface area (Å²) >= 11 is 0. The highest BCUT2D eigenvalue weighted by Crippen LogP contribution is 2.21. The number of rotatable bonds is 4. The minimum absolute atomic E-state index is 0.209. The molecule has 2 aliphatic rings. The summed E-state index contributed by atoms with van der Waals surface area (Å²) in [6.45, 7) is 1.14. The summed E-state index contributed by atoms with van der Waals surface area (Å²) in [6, 6.07) is 8.18. The Morgan fingerprint density at radius 3 is 2.83 bits per heavy atom. The van der Waals surface area contributed by atoms with Crippen molar-refractivity contribution >= 4 is 11.8 Å². The molecule has 2 amide bonds. The van der Waals surface area contributed by atoms with Crippen LogP contribution in [0.3, 0.4) is 0 Å². The van der Waals surface area contributed by atoms with E-state index < -0.39 is 0 Å². The average molecular weight is 328 g/mol. The van der Waals surface area contributed by atoms with Crippen LogP contribution >= 0.6 is 0 Å². The summed E-state index contributed by atoms with van der Waals surface area (Å²) in [7, 11) is 0. The molecule has 0 saturated heterocycles. The van der Waals surface area contributed by atoms with E-state index in [9.17, 15) is 14.0 Å². The molecule has 1 aliphatic carbocycles. The van der Waals surface area contributed by atoms with E-state index in [4.69, 9.17) is 0 Å². The van der Waals surface area contributed by atoms with Crippen molar-refractivity contribution in [2.24, 2.45) is 0 Å². The molecule has 2 aromatic rings. The fraction of sp³-hybridized carbons (Fsp3) is 0.353. The largest absolute Gasteiger partial charge is 0.348 e. The average Bonchev–Trinajstić information content (AvgIpc) is 3.27. The highest BCUT2D eigenvalue weighted by Gasteiger charge is 2.30. The first-order valence-electron chi connectivity index (χ1n) is 8.03. The summed E-state index contributed by atoms with van der Waals surface area (Å²) in [5.41, 5.74) is 1.11. The summed E-state index contributed by atoms with van der Waals surface area (Å²) in [6.07, 6.45) is 1.99. The number of carbonyl (C=O) groups excluding carboxylic acids is 2. The molecule has 1 N–H and O–H groups in total. The van der Waals surface area contributed by atoms with Crippen LogP contribution in [0.25, 0.3) is 0 Å². The number of carbonyl (C=O) groups is 2. The van der Waals surface area contributed by atoms with Crippen molar-refractivity contribution in [2.45, 2.75) is 32.0 Å². The van der Waals surface area contributed by atoms with Crippen molar-refractivity contribution in [1.29, 1.82) is 0 Å². The zero-order valence-corrected chi connectivity index (χ0v) is 13.0. The molecule has 6 nitrogen and oxygen atoms in total. The fourth-order valence-corrected chi connectivity index (χ4v) is 2.82. The van der Waals surface area contributed by atoms with Gasteiger partial charge in [-0.1, -0.05) is 18.2 Å². The fourth-order valence-electron chi connectivity index (χ4n) is 2.82. The van der Waals surface area contributed by atoms with E-state index in [0.717, 1.165) is 12.8 Å². The Morgan fingerprint density at radius 2 is 2.08 bits per heavy atom. The van der Waals surface area contributed by atoms with Crippen LogP contribution in [0.5, 0.6) is 0 Å². The summed E-state index contributed by atoms with van der Waals surface area (Å²) < 4.78 is 15.4. The van der Waals surface area contributed by atoms with E-state index in [1.165, 1.54) is 12.1 Å². The first-order chi connectivity index (χ1) is 11.6. The Kier molecular flexibility index (Phi) is 3.55. The monoisotopic (exact) mass is 328 g/mol. The van der Waals surface area contributed by atoms with Crippen LogP contribution in [0.4, 0.5) is 4.39 Å². The van der Waals surface area contributed by atoms with Crippen molar-refractivity contribution in [3.8, 4) is 0 Å². The lowest BCUT2D eigenvalue weighted by molar-refractivity contribution is 0.0681. The topological polar surface area (TPSA) is 67.2 Å². The third-order valence-corrected chi connectivity index (χ3v) is 4.33. The molecule has 0 unspecified atom stereocenters. The van der Waals surface area contributed by atoms with E-state index >= 15 is 0 Å². The van der Waals surface area contributed by atoms with Crippen molar-refractivity contribution in [3.05, 3.63) is 53.1 Å². The second-order valence-electron chi connectivity index (χ2n) is 6.20. The number of benzene rings is 1. The number of hydrogen-bond acceptors (Lipinski definition) is 3. The van der Waals surface area contributed by atoms with Gasteiger partial charge in [-0.3, -0.25) is 14.3 Å². The van der Waals surface area contributed by atoms with E-state index in [-0.39, 0.29) is 35.9 Å². The number of amides is 2. The molecule has 1 aromatic heterocycles. The van der Waals surface area contributed by atoms with Crippen LogP contribution < -0.4 is 5.32 Å². The third-order valence-electron chi connectivity index (χ3n) is 4.33. The molecule has 0 bridgehead atoms. The summed E-state index contributed by atoms with van der Waals surface area (Å²) in [5.74, 6) is -0.802. The van der Waals surface area contributed by atoms with Gasteiger partial charge >= 0.3 is 0 Å². The van der Waals surface area contributed by atoms with Gasteiger partial charge in [-0.05, 0) is 18.9 Å². The molecule has 1 aromatic carbocycles. The molecular weight excluding hydrogens is 311 g/mol. The molecule has 7 heteroatoms. The molecule has 124 valence electrons. The van der Waals surface area contributed by atoms with Gasteiger partial charge in [0.1, 0.15) is 11.5 Å². The van der Waals surface area contributed by atoms with Crippen molar-refractivity contribution in [2.75, 3.05) is 6.54 Å². The second-order valence-corrected chi connectivity index (χ2v) is 6.20. The Bertz CT molecular complexity index is 813. The Morgan fingerprint density at radius 1 is 1.29 bits per heavy atom. The van der Waals surface area contributed by atoms with Crippen molar-refractivity contribution in [1.82, 2.24) is 20.0 Å². The standard InChI is InChI=1S/C17H17FN4O2/c18-13-4-2-1-3-11(13)10-21-7-8-22-15(17(21)24)9-14(20-22)16(23)19-12-5-6-12/h1-4,9,12H,5-8,10H2,(H,19,23). The van der Waals surface area contributed by atoms with Crippen LogP contribution in [-0.4, -0.2) is 39.1 Å². The molecule has 2 heterocycles. The van der Waals surface area contributed by atoms with Crippen LogP contribution in [0.2, 0.25) is 0 Å². The van der Waals surface area contributed by atoms with E-state index in [1.807, 2.05) is 0 Å². The highest BCUT2D eigenvalue weighted by molar-refractivity contribution is 5.98. The van der Waals surface area contributed by atoms with Crippen LogP contribution in [0.1, 0.15) is 39.4 Å². The Hall–Kier alpha value is -2.70. The molecule has 24 heavy (non-hydrogen) atoms. The molecular formula is C17H17FN4O2. The summed E-state index contributed by atoms with van der Waals surface area (Å²) in [4.78, 5) is 26.3. The molecule has 1 aliphatic heterocycles. The van der Waals surface area contributed by atoms with Gasteiger partial charge in [-0.25, -0.2) is 4.39 Å². The first kappa shape index (κ1) is 14.9. The van der Waals surface area contributed by atoms with Gasteiger partial charge in [0.05, 0.1) is 6.54 Å². The van der Waals surface area contributed by atoms with Gasteiger partial charge in [0.25, 0.3) is 11.8 Å². The first-order valence-corrected chi connectivity index (χ1v) is 8.03. The van der Waals surface area contributed by atoms with Crippen molar-refractivity contribution < 1.29 is 14.0 Å². The van der Waals surface area contributed by atoms with Gasteiger partial charge in [0, 0.05) is 30.8 Å². The van der Waals surface area contributed by atoms with Gasteiger partial charge < -0.3 is 10.2 Å². The number of nitrogens with zero attached hydrogens (tertiary/aromatic N) is 3.